The van der Waals surface area contributed by atoms with E-state index in [-0.39, 0.29) is 0 Å². The van der Waals surface area contributed by atoms with Crippen LogP contribution in [0.2, 0.25) is 0 Å². The van der Waals surface area contributed by atoms with Gasteiger partial charge in [-0.05, 0) is 40.8 Å². The standard InChI is InChI=1S/C24H21N2/c1-18-8-9-22(16-23(18)24-17-25-14-15-26(24)2)21-12-10-20(11-13-21)19-6-4-3-5-7-19/h3-17H,1-2H3/q+1. The van der Waals surface area contributed by atoms with Crippen LogP contribution in [0.15, 0.2) is 91.4 Å². The topological polar surface area (TPSA) is 16.8 Å². The molecule has 0 aliphatic rings. The molecule has 1 aromatic heterocycles. The van der Waals surface area contributed by atoms with Crippen molar-refractivity contribution in [2.75, 3.05) is 0 Å². The molecule has 0 atom stereocenters. The van der Waals surface area contributed by atoms with Gasteiger partial charge >= 0.3 is 0 Å². The number of aromatic nitrogens is 2. The zero-order valence-corrected chi connectivity index (χ0v) is 15.1. The molecular weight excluding hydrogens is 316 g/mol. The maximum atomic E-state index is 4.29. The quantitative estimate of drug-likeness (QED) is 0.469. The minimum Gasteiger partial charge on any atom is -0.252 e. The molecule has 4 aromatic rings. The van der Waals surface area contributed by atoms with Crippen molar-refractivity contribution >= 4 is 0 Å². The average molecular weight is 337 g/mol. The normalized spacial score (nSPS) is 10.7. The number of nitrogens with zero attached hydrogens (tertiary/aromatic N) is 2. The predicted molar refractivity (Wildman–Crippen MR) is 106 cm³/mol. The maximum absolute atomic E-state index is 4.29. The van der Waals surface area contributed by atoms with Crippen molar-refractivity contribution < 1.29 is 4.57 Å². The number of hydrogen-bond donors (Lipinski definition) is 0. The molecule has 0 fully saturated rings. The lowest BCUT2D eigenvalue weighted by atomic mass is 9.96. The molecule has 0 spiro atoms. The van der Waals surface area contributed by atoms with E-state index in [0.717, 1.165) is 5.69 Å². The van der Waals surface area contributed by atoms with Gasteiger partial charge in [0.05, 0.1) is 18.0 Å². The zero-order chi connectivity index (χ0) is 17.9. The molecule has 0 unspecified atom stereocenters. The summed E-state index contributed by atoms with van der Waals surface area (Å²) in [5.41, 5.74) is 8.49. The van der Waals surface area contributed by atoms with Crippen molar-refractivity contribution in [3.05, 3.63) is 97.0 Å². The summed E-state index contributed by atoms with van der Waals surface area (Å²) >= 11 is 0. The second kappa shape index (κ2) is 6.93. The van der Waals surface area contributed by atoms with E-state index >= 15 is 0 Å². The molecule has 0 radical (unpaired) electrons. The first-order chi connectivity index (χ1) is 12.7. The van der Waals surface area contributed by atoms with Crippen molar-refractivity contribution in [1.29, 1.82) is 0 Å². The van der Waals surface area contributed by atoms with E-state index in [1.807, 2.05) is 24.7 Å². The van der Waals surface area contributed by atoms with E-state index in [2.05, 4.69) is 90.3 Å². The molecule has 0 saturated heterocycles. The minimum absolute atomic E-state index is 1.12. The highest BCUT2D eigenvalue weighted by molar-refractivity contribution is 5.74. The van der Waals surface area contributed by atoms with Crippen molar-refractivity contribution in [3.63, 3.8) is 0 Å². The summed E-state index contributed by atoms with van der Waals surface area (Å²) in [6, 6.07) is 25.9. The fraction of sp³-hybridized carbons (Fsp3) is 0.0833. The largest absolute Gasteiger partial charge is 0.252 e. The molecule has 126 valence electrons. The number of rotatable bonds is 3. The molecule has 3 aromatic carbocycles. The fourth-order valence-electron chi connectivity index (χ4n) is 3.25. The van der Waals surface area contributed by atoms with Crippen molar-refractivity contribution in [2.24, 2.45) is 7.05 Å². The van der Waals surface area contributed by atoms with E-state index < -0.39 is 0 Å². The van der Waals surface area contributed by atoms with Gasteiger partial charge in [0, 0.05) is 0 Å². The van der Waals surface area contributed by atoms with Crippen LogP contribution in [0.4, 0.5) is 0 Å². The van der Waals surface area contributed by atoms with E-state index in [0.29, 0.717) is 0 Å². The number of aryl methyl sites for hydroxylation is 2. The molecule has 2 heteroatoms. The molecule has 26 heavy (non-hydrogen) atoms. The van der Waals surface area contributed by atoms with E-state index in [1.165, 1.54) is 33.4 Å². The van der Waals surface area contributed by atoms with Crippen LogP contribution in [-0.4, -0.2) is 4.98 Å². The molecule has 0 saturated carbocycles. The molecule has 0 aliphatic heterocycles. The number of benzene rings is 3. The Morgan fingerprint density at radius 3 is 2.04 bits per heavy atom. The Kier molecular flexibility index (Phi) is 4.32. The van der Waals surface area contributed by atoms with Gasteiger partial charge in [-0.15, -0.1) is 0 Å². The SMILES string of the molecule is Cc1ccc(-c2ccc(-c3ccccc3)cc2)cc1-c1cncc[n+]1C. The number of hydrogen-bond acceptors (Lipinski definition) is 1. The van der Waals surface area contributed by atoms with Crippen molar-refractivity contribution in [2.45, 2.75) is 6.92 Å². The first-order valence-electron chi connectivity index (χ1n) is 8.79. The Morgan fingerprint density at radius 2 is 1.35 bits per heavy atom. The monoisotopic (exact) mass is 337 g/mol. The van der Waals surface area contributed by atoms with Gasteiger partial charge in [0.1, 0.15) is 7.05 Å². The third-order valence-corrected chi connectivity index (χ3v) is 4.79. The third-order valence-electron chi connectivity index (χ3n) is 4.79. The van der Waals surface area contributed by atoms with Crippen LogP contribution in [0.25, 0.3) is 33.5 Å². The molecule has 1 heterocycles. The lowest BCUT2D eigenvalue weighted by Crippen LogP contribution is -2.30. The van der Waals surface area contributed by atoms with Gasteiger partial charge in [-0.25, -0.2) is 0 Å². The van der Waals surface area contributed by atoms with Gasteiger partial charge in [0.25, 0.3) is 0 Å². The van der Waals surface area contributed by atoms with Crippen LogP contribution in [0.5, 0.6) is 0 Å². The lowest BCUT2D eigenvalue weighted by Gasteiger charge is -2.09. The van der Waals surface area contributed by atoms with Crippen LogP contribution >= 0.6 is 0 Å². The van der Waals surface area contributed by atoms with Crippen molar-refractivity contribution in [1.82, 2.24) is 4.98 Å². The molecular formula is C24H21N2+. The van der Waals surface area contributed by atoms with E-state index in [9.17, 15) is 0 Å². The lowest BCUT2D eigenvalue weighted by molar-refractivity contribution is -0.660. The molecule has 0 N–H and O–H groups in total. The molecule has 0 aliphatic carbocycles. The van der Waals surface area contributed by atoms with Crippen LogP contribution in [0.3, 0.4) is 0 Å². The summed E-state index contributed by atoms with van der Waals surface area (Å²) < 4.78 is 2.11. The summed E-state index contributed by atoms with van der Waals surface area (Å²) in [6.07, 6.45) is 5.71. The molecule has 0 bridgehead atoms. The Bertz CT molecular complexity index is 1040. The maximum Gasteiger partial charge on any atom is 0.231 e. The van der Waals surface area contributed by atoms with Gasteiger partial charge in [-0.1, -0.05) is 66.7 Å². The Hall–Kier alpha value is -3.26. The minimum atomic E-state index is 1.12. The van der Waals surface area contributed by atoms with Crippen LogP contribution in [-0.2, 0) is 7.05 Å². The van der Waals surface area contributed by atoms with Gasteiger partial charge in [0.2, 0.25) is 5.69 Å². The Morgan fingerprint density at radius 1 is 0.731 bits per heavy atom. The fourth-order valence-corrected chi connectivity index (χ4v) is 3.25. The summed E-state index contributed by atoms with van der Waals surface area (Å²) in [6.45, 7) is 2.14. The van der Waals surface area contributed by atoms with Gasteiger partial charge in [0.15, 0.2) is 6.20 Å². The van der Waals surface area contributed by atoms with Gasteiger partial charge < -0.3 is 0 Å². The van der Waals surface area contributed by atoms with Crippen LogP contribution < -0.4 is 4.57 Å². The smallest absolute Gasteiger partial charge is 0.231 e. The van der Waals surface area contributed by atoms with Gasteiger partial charge in [-0.3, -0.25) is 4.98 Å². The summed E-state index contributed by atoms with van der Waals surface area (Å²) in [4.78, 5) is 4.29. The van der Waals surface area contributed by atoms with Crippen molar-refractivity contribution in [3.8, 4) is 33.5 Å². The predicted octanol–water partition coefficient (Wildman–Crippen LogP) is 5.22. The van der Waals surface area contributed by atoms with Crippen LogP contribution in [0.1, 0.15) is 5.56 Å². The Balaban J connectivity index is 1.73. The zero-order valence-electron chi connectivity index (χ0n) is 15.1. The summed E-state index contributed by atoms with van der Waals surface area (Å²) in [7, 11) is 2.05. The highest BCUT2D eigenvalue weighted by Crippen LogP contribution is 2.29. The molecule has 0 amide bonds. The third kappa shape index (κ3) is 3.14. The first-order valence-corrected chi connectivity index (χ1v) is 8.79. The molecule has 4 rings (SSSR count). The second-order valence-electron chi connectivity index (χ2n) is 6.55. The summed E-state index contributed by atoms with van der Waals surface area (Å²) in [5, 5.41) is 0. The Labute approximate surface area is 154 Å². The summed E-state index contributed by atoms with van der Waals surface area (Å²) in [5.74, 6) is 0. The average Bonchev–Trinajstić information content (AvgIpc) is 2.70. The molecule has 2 nitrogen and oxygen atoms in total. The van der Waals surface area contributed by atoms with Gasteiger partial charge in [-0.2, -0.15) is 4.57 Å². The second-order valence-corrected chi connectivity index (χ2v) is 6.55. The van der Waals surface area contributed by atoms with E-state index in [1.54, 1.807) is 0 Å². The van der Waals surface area contributed by atoms with E-state index in [4.69, 9.17) is 0 Å². The van der Waals surface area contributed by atoms with Crippen LogP contribution in [0, 0.1) is 6.92 Å². The highest BCUT2D eigenvalue weighted by atomic mass is 14.9. The first kappa shape index (κ1) is 16.2. The highest BCUT2D eigenvalue weighted by Gasteiger charge is 2.13.